The molecule has 5 nitrogen and oxygen atoms in total. The normalized spacial score (nSPS) is 25.5. The molecule has 1 saturated heterocycles. The Morgan fingerprint density at radius 2 is 1.90 bits per heavy atom. The lowest BCUT2D eigenvalue weighted by Gasteiger charge is -2.30. The summed E-state index contributed by atoms with van der Waals surface area (Å²) in [5.74, 6) is -0.134. The van der Waals surface area contributed by atoms with Crippen LogP contribution in [0.2, 0.25) is 0 Å². The van der Waals surface area contributed by atoms with Crippen molar-refractivity contribution < 1.29 is 14.3 Å². The van der Waals surface area contributed by atoms with Gasteiger partial charge in [-0.15, -0.1) is 0 Å². The molecule has 0 radical (unpaired) electrons. The smallest absolute Gasteiger partial charge is 0.323 e. The predicted octanol–water partition coefficient (Wildman–Crippen LogP) is 1.85. The van der Waals surface area contributed by atoms with E-state index >= 15 is 0 Å². The summed E-state index contributed by atoms with van der Waals surface area (Å²) in [6, 6.07) is -0.196. The van der Waals surface area contributed by atoms with Crippen LogP contribution in [-0.4, -0.2) is 48.1 Å². The molecule has 1 heterocycles. The molecular weight excluding hydrogens is 268 g/mol. The van der Waals surface area contributed by atoms with Gasteiger partial charge in [0.2, 0.25) is 5.91 Å². The van der Waals surface area contributed by atoms with Gasteiger partial charge in [-0.25, -0.2) is 0 Å². The third kappa shape index (κ3) is 4.19. The maximum absolute atomic E-state index is 12.4. The van der Waals surface area contributed by atoms with Crippen molar-refractivity contribution in [3.05, 3.63) is 0 Å². The maximum atomic E-state index is 12.4. The second-order valence-corrected chi connectivity index (χ2v) is 6.17. The molecule has 0 spiro atoms. The first kappa shape index (κ1) is 16.3. The molecule has 1 amide bonds. The van der Waals surface area contributed by atoms with Crippen LogP contribution in [0.15, 0.2) is 0 Å². The molecule has 2 unspecified atom stereocenters. The zero-order valence-electron chi connectivity index (χ0n) is 13.3. The van der Waals surface area contributed by atoms with Gasteiger partial charge in [0.1, 0.15) is 6.04 Å². The van der Waals surface area contributed by atoms with Crippen molar-refractivity contribution in [2.45, 2.75) is 76.9 Å². The fourth-order valence-corrected chi connectivity index (χ4v) is 3.46. The summed E-state index contributed by atoms with van der Waals surface area (Å²) in [5, 5.41) is 3.15. The molecular formula is C16H28N2O3. The Labute approximate surface area is 127 Å². The van der Waals surface area contributed by atoms with Gasteiger partial charge in [0.25, 0.3) is 0 Å². The van der Waals surface area contributed by atoms with Gasteiger partial charge in [-0.05, 0) is 46.1 Å². The van der Waals surface area contributed by atoms with E-state index in [1.807, 2.05) is 18.7 Å². The van der Waals surface area contributed by atoms with Crippen LogP contribution in [0.4, 0.5) is 0 Å². The highest BCUT2D eigenvalue weighted by atomic mass is 16.5. The standard InChI is InChI=1S/C16H28N2O3/c1-3-21-16(20)14-10-7-11-18(14)12(2)15(19)17-13-8-5-4-6-9-13/h12-14H,3-11H2,1-2H3,(H,17,19). The van der Waals surface area contributed by atoms with Crippen molar-refractivity contribution >= 4 is 11.9 Å². The van der Waals surface area contributed by atoms with Crippen molar-refractivity contribution in [1.29, 1.82) is 0 Å². The van der Waals surface area contributed by atoms with E-state index in [4.69, 9.17) is 4.74 Å². The van der Waals surface area contributed by atoms with Gasteiger partial charge in [-0.1, -0.05) is 19.3 Å². The van der Waals surface area contributed by atoms with Gasteiger partial charge in [-0.2, -0.15) is 0 Å². The van der Waals surface area contributed by atoms with Crippen LogP contribution in [0, 0.1) is 0 Å². The van der Waals surface area contributed by atoms with E-state index in [-0.39, 0.29) is 24.0 Å². The Bertz CT molecular complexity index is 367. The first-order valence-corrected chi connectivity index (χ1v) is 8.36. The lowest BCUT2D eigenvalue weighted by atomic mass is 9.95. The Kier molecular flexibility index (Phi) is 6.03. The maximum Gasteiger partial charge on any atom is 0.323 e. The second-order valence-electron chi connectivity index (χ2n) is 6.17. The number of carbonyl (C=O) groups is 2. The number of rotatable bonds is 5. The summed E-state index contributed by atoms with van der Waals surface area (Å²) in [6.07, 6.45) is 7.59. The molecule has 2 atom stereocenters. The van der Waals surface area contributed by atoms with Crippen molar-refractivity contribution in [2.75, 3.05) is 13.2 Å². The van der Waals surface area contributed by atoms with Gasteiger partial charge in [0.05, 0.1) is 12.6 Å². The van der Waals surface area contributed by atoms with Gasteiger partial charge < -0.3 is 10.1 Å². The third-order valence-electron chi connectivity index (χ3n) is 4.68. The van der Waals surface area contributed by atoms with Crippen LogP contribution in [0.1, 0.15) is 58.8 Å². The van der Waals surface area contributed by atoms with E-state index in [2.05, 4.69) is 5.32 Å². The van der Waals surface area contributed by atoms with Crippen molar-refractivity contribution in [3.63, 3.8) is 0 Å². The zero-order valence-corrected chi connectivity index (χ0v) is 13.3. The summed E-state index contributed by atoms with van der Waals surface area (Å²) in [5.41, 5.74) is 0. The minimum Gasteiger partial charge on any atom is -0.465 e. The van der Waals surface area contributed by atoms with Crippen molar-refractivity contribution in [1.82, 2.24) is 10.2 Å². The number of hydrogen-bond acceptors (Lipinski definition) is 4. The van der Waals surface area contributed by atoms with E-state index in [1.54, 1.807) is 0 Å². The van der Waals surface area contributed by atoms with E-state index in [9.17, 15) is 9.59 Å². The molecule has 0 bridgehead atoms. The van der Waals surface area contributed by atoms with Gasteiger partial charge in [-0.3, -0.25) is 14.5 Å². The van der Waals surface area contributed by atoms with Gasteiger partial charge in [0.15, 0.2) is 0 Å². The minimum absolute atomic E-state index is 0.0538. The number of nitrogens with zero attached hydrogens (tertiary/aromatic N) is 1. The van der Waals surface area contributed by atoms with E-state index in [0.717, 1.165) is 32.2 Å². The number of ether oxygens (including phenoxy) is 1. The topological polar surface area (TPSA) is 58.6 Å². The SMILES string of the molecule is CCOC(=O)C1CCCN1C(C)C(=O)NC1CCCCC1. The average molecular weight is 296 g/mol. The monoisotopic (exact) mass is 296 g/mol. The molecule has 21 heavy (non-hydrogen) atoms. The summed E-state index contributed by atoms with van der Waals surface area (Å²) < 4.78 is 5.12. The fourth-order valence-electron chi connectivity index (χ4n) is 3.46. The third-order valence-corrected chi connectivity index (χ3v) is 4.68. The number of amides is 1. The molecule has 0 aromatic rings. The second kappa shape index (κ2) is 7.78. The van der Waals surface area contributed by atoms with Gasteiger partial charge >= 0.3 is 5.97 Å². The van der Waals surface area contributed by atoms with E-state index < -0.39 is 0 Å². The predicted molar refractivity (Wildman–Crippen MR) is 80.8 cm³/mol. The van der Waals surface area contributed by atoms with Crippen LogP contribution >= 0.6 is 0 Å². The van der Waals surface area contributed by atoms with E-state index in [0.29, 0.717) is 12.6 Å². The largest absolute Gasteiger partial charge is 0.465 e. The van der Waals surface area contributed by atoms with Crippen LogP contribution < -0.4 is 5.32 Å². The van der Waals surface area contributed by atoms with E-state index in [1.165, 1.54) is 19.3 Å². The highest BCUT2D eigenvalue weighted by molar-refractivity contribution is 5.83. The quantitative estimate of drug-likeness (QED) is 0.787. The lowest BCUT2D eigenvalue weighted by Crippen LogP contribution is -2.52. The molecule has 2 rings (SSSR count). The molecule has 1 saturated carbocycles. The molecule has 0 aromatic carbocycles. The molecule has 0 aromatic heterocycles. The van der Waals surface area contributed by atoms with Crippen LogP contribution in [-0.2, 0) is 14.3 Å². The van der Waals surface area contributed by atoms with Crippen LogP contribution in [0.3, 0.4) is 0 Å². The molecule has 120 valence electrons. The Hall–Kier alpha value is -1.10. The molecule has 5 heteroatoms. The summed E-state index contributed by atoms with van der Waals surface area (Å²) in [7, 11) is 0. The first-order chi connectivity index (χ1) is 10.1. The molecule has 2 fully saturated rings. The molecule has 1 aliphatic carbocycles. The Balaban J connectivity index is 1.89. The highest BCUT2D eigenvalue weighted by Gasteiger charge is 2.37. The number of nitrogens with one attached hydrogen (secondary N) is 1. The zero-order chi connectivity index (χ0) is 15.2. The molecule has 1 N–H and O–H groups in total. The average Bonchev–Trinajstić information content (AvgIpc) is 2.97. The highest BCUT2D eigenvalue weighted by Crippen LogP contribution is 2.22. The molecule has 1 aliphatic heterocycles. The molecule has 2 aliphatic rings. The number of likely N-dealkylation sites (tertiary alicyclic amines) is 1. The summed E-state index contributed by atoms with van der Waals surface area (Å²) in [4.78, 5) is 26.4. The number of carbonyl (C=O) groups excluding carboxylic acids is 2. The van der Waals surface area contributed by atoms with Crippen molar-refractivity contribution in [2.24, 2.45) is 0 Å². The first-order valence-electron chi connectivity index (χ1n) is 8.36. The minimum atomic E-state index is -0.260. The Morgan fingerprint density at radius 3 is 2.57 bits per heavy atom. The lowest BCUT2D eigenvalue weighted by molar-refractivity contribution is -0.149. The van der Waals surface area contributed by atoms with Crippen molar-refractivity contribution in [3.8, 4) is 0 Å². The van der Waals surface area contributed by atoms with Crippen LogP contribution in [0.25, 0.3) is 0 Å². The number of esters is 1. The van der Waals surface area contributed by atoms with Gasteiger partial charge in [0, 0.05) is 6.04 Å². The Morgan fingerprint density at radius 1 is 1.19 bits per heavy atom. The fraction of sp³-hybridized carbons (Fsp3) is 0.875. The number of hydrogen-bond donors (Lipinski definition) is 1. The van der Waals surface area contributed by atoms with Crippen LogP contribution in [0.5, 0.6) is 0 Å². The summed E-state index contributed by atoms with van der Waals surface area (Å²) >= 11 is 0. The summed E-state index contributed by atoms with van der Waals surface area (Å²) in [6.45, 7) is 4.90.